The van der Waals surface area contributed by atoms with Crippen molar-refractivity contribution in [3.8, 4) is 17.3 Å². The van der Waals surface area contributed by atoms with Crippen molar-refractivity contribution in [2.75, 3.05) is 0 Å². The summed E-state index contributed by atoms with van der Waals surface area (Å²) in [6.45, 7) is 1.99. The summed E-state index contributed by atoms with van der Waals surface area (Å²) < 4.78 is 40.9. The normalized spacial score (nSPS) is 11.3. The Morgan fingerprint density at radius 3 is 2.52 bits per heavy atom. The molecule has 4 aromatic heterocycles. The number of halogens is 3. The number of nitrogens with zero attached hydrogens (tertiary/aromatic N) is 4. The van der Waals surface area contributed by atoms with Gasteiger partial charge in [-0.1, -0.05) is 0 Å². The Bertz CT molecular complexity index is 1430. The van der Waals surface area contributed by atoms with E-state index in [0.29, 0.717) is 5.88 Å². The van der Waals surface area contributed by atoms with Crippen LogP contribution in [0.4, 0.5) is 13.2 Å². The molecule has 0 saturated heterocycles. The van der Waals surface area contributed by atoms with Crippen LogP contribution in [0.25, 0.3) is 26.8 Å². The van der Waals surface area contributed by atoms with Gasteiger partial charge in [-0.05, 0) is 60.2 Å². The van der Waals surface area contributed by atoms with E-state index in [9.17, 15) is 13.2 Å². The van der Waals surface area contributed by atoms with Gasteiger partial charge in [0, 0.05) is 18.1 Å². The number of ether oxygens (including phenoxy) is 1. The lowest BCUT2D eigenvalue weighted by Gasteiger charge is -2.09. The van der Waals surface area contributed by atoms with Crippen LogP contribution in [0, 0.1) is 6.92 Å². The van der Waals surface area contributed by atoms with Crippen LogP contribution in [-0.2, 0) is 4.79 Å². The highest BCUT2D eigenvalue weighted by Crippen LogP contribution is 2.32. The topological polar surface area (TPSA) is 90.1 Å². The Morgan fingerprint density at radius 2 is 1.82 bits per heavy atom. The van der Waals surface area contributed by atoms with E-state index in [-0.39, 0.29) is 0 Å². The third-order valence-electron chi connectivity index (χ3n) is 4.51. The van der Waals surface area contributed by atoms with Crippen LogP contribution in [0.5, 0.6) is 11.6 Å². The van der Waals surface area contributed by atoms with E-state index in [1.807, 2.05) is 48.7 Å². The van der Waals surface area contributed by atoms with Gasteiger partial charge in [0.05, 0.1) is 16.4 Å². The number of carbonyl (C=O) groups is 1. The van der Waals surface area contributed by atoms with Crippen LogP contribution in [0.15, 0.2) is 66.4 Å². The Labute approximate surface area is 188 Å². The predicted octanol–water partition coefficient (Wildman–Crippen LogP) is 5.76. The highest BCUT2D eigenvalue weighted by atomic mass is 32.1. The van der Waals surface area contributed by atoms with Crippen molar-refractivity contribution < 1.29 is 27.8 Å². The fourth-order valence-electron chi connectivity index (χ4n) is 3.09. The number of hydrogen-bond donors (Lipinski definition) is 1. The zero-order chi connectivity index (χ0) is 23.6. The summed E-state index contributed by atoms with van der Waals surface area (Å²) in [6, 6.07) is 14.0. The predicted molar refractivity (Wildman–Crippen MR) is 117 cm³/mol. The number of carboxylic acid groups (broad SMARTS) is 1. The summed E-state index contributed by atoms with van der Waals surface area (Å²) in [5, 5.41) is 10.3. The fraction of sp³-hybridized carbons (Fsp3) is 0.0909. The average molecular weight is 472 g/mol. The first-order valence-electron chi connectivity index (χ1n) is 9.44. The molecule has 0 aliphatic rings. The van der Waals surface area contributed by atoms with E-state index < -0.39 is 12.1 Å². The molecule has 0 radical (unpaired) electrons. The Kier molecular flexibility index (Phi) is 5.97. The van der Waals surface area contributed by atoms with Crippen LogP contribution >= 0.6 is 11.3 Å². The number of pyridine rings is 2. The maximum absolute atomic E-state index is 10.6. The van der Waals surface area contributed by atoms with E-state index in [1.54, 1.807) is 29.9 Å². The minimum atomic E-state index is -5.08. The second-order valence-electron chi connectivity index (χ2n) is 6.71. The summed E-state index contributed by atoms with van der Waals surface area (Å²) >= 11 is 1.63. The van der Waals surface area contributed by atoms with Crippen molar-refractivity contribution in [2.24, 2.45) is 0 Å². The summed E-state index contributed by atoms with van der Waals surface area (Å²) in [5.41, 5.74) is 2.96. The molecule has 33 heavy (non-hydrogen) atoms. The number of thiophene rings is 1. The van der Waals surface area contributed by atoms with Crippen LogP contribution in [0.1, 0.15) is 5.82 Å². The molecule has 168 valence electrons. The van der Waals surface area contributed by atoms with Gasteiger partial charge in [-0.15, -0.1) is 11.3 Å². The van der Waals surface area contributed by atoms with Gasteiger partial charge in [-0.25, -0.2) is 14.8 Å². The first-order chi connectivity index (χ1) is 15.7. The van der Waals surface area contributed by atoms with Crippen molar-refractivity contribution in [3.05, 3.63) is 72.3 Å². The molecule has 5 aromatic rings. The van der Waals surface area contributed by atoms with E-state index in [0.717, 1.165) is 38.4 Å². The van der Waals surface area contributed by atoms with Gasteiger partial charge in [0.15, 0.2) is 0 Å². The van der Waals surface area contributed by atoms with Crippen LogP contribution in [-0.4, -0.2) is 36.8 Å². The van der Waals surface area contributed by atoms with Crippen LogP contribution in [0.2, 0.25) is 0 Å². The molecule has 7 nitrogen and oxygen atoms in total. The second-order valence-corrected chi connectivity index (χ2v) is 7.63. The molecular formula is C22H15F3N4O3S. The number of carboxylic acids is 1. The van der Waals surface area contributed by atoms with Gasteiger partial charge < -0.3 is 9.84 Å². The zero-order valence-electron chi connectivity index (χ0n) is 16.9. The van der Waals surface area contributed by atoms with Gasteiger partial charge >= 0.3 is 12.1 Å². The Balaban J connectivity index is 0.000000325. The molecule has 0 spiro atoms. The lowest BCUT2D eigenvalue weighted by atomic mass is 10.3. The van der Waals surface area contributed by atoms with E-state index in [1.165, 1.54) is 0 Å². The number of aromatic nitrogens is 4. The van der Waals surface area contributed by atoms with E-state index >= 15 is 0 Å². The van der Waals surface area contributed by atoms with Crippen LogP contribution in [0.3, 0.4) is 0 Å². The molecule has 0 saturated carbocycles. The monoisotopic (exact) mass is 472 g/mol. The molecule has 0 aliphatic carbocycles. The fourth-order valence-corrected chi connectivity index (χ4v) is 3.91. The first-order valence-corrected chi connectivity index (χ1v) is 10.3. The second kappa shape index (κ2) is 8.87. The molecule has 0 aliphatic heterocycles. The SMILES string of the molecule is Cc1nc2cnccc2n1-c1ccc(Oc2nccc3ccsc23)cc1.O=C(O)C(F)(F)F. The molecule has 1 aromatic carbocycles. The maximum atomic E-state index is 10.6. The number of hydrogen-bond acceptors (Lipinski definition) is 6. The Morgan fingerprint density at radius 1 is 1.09 bits per heavy atom. The number of alkyl halides is 3. The van der Waals surface area contributed by atoms with E-state index in [2.05, 4.69) is 25.6 Å². The lowest BCUT2D eigenvalue weighted by molar-refractivity contribution is -0.192. The maximum Gasteiger partial charge on any atom is 0.490 e. The number of aliphatic carboxylic acids is 1. The van der Waals surface area contributed by atoms with E-state index in [4.69, 9.17) is 14.6 Å². The van der Waals surface area contributed by atoms with Crippen molar-refractivity contribution in [2.45, 2.75) is 13.1 Å². The molecule has 1 N–H and O–H groups in total. The number of aryl methyl sites for hydroxylation is 1. The summed E-state index contributed by atoms with van der Waals surface area (Å²) in [7, 11) is 0. The highest BCUT2D eigenvalue weighted by molar-refractivity contribution is 7.17. The number of fused-ring (bicyclic) bond motifs is 2. The first kappa shape index (κ1) is 22.2. The zero-order valence-corrected chi connectivity index (χ0v) is 17.8. The van der Waals surface area contributed by atoms with Gasteiger partial charge in [0.2, 0.25) is 5.88 Å². The van der Waals surface area contributed by atoms with Gasteiger partial charge in [0.1, 0.15) is 17.1 Å². The lowest BCUT2D eigenvalue weighted by Crippen LogP contribution is -2.21. The number of rotatable bonds is 3. The average Bonchev–Trinajstić information content (AvgIpc) is 3.38. The minimum Gasteiger partial charge on any atom is -0.475 e. The van der Waals surface area contributed by atoms with Crippen LogP contribution < -0.4 is 4.74 Å². The number of benzene rings is 1. The highest BCUT2D eigenvalue weighted by Gasteiger charge is 2.38. The van der Waals surface area contributed by atoms with Gasteiger partial charge in [-0.2, -0.15) is 13.2 Å². The molecule has 11 heteroatoms. The standard InChI is InChI=1S/C20H14N4OS.C2HF3O2/c1-13-23-17-12-21-9-7-18(17)24(13)15-2-4-16(5-3-15)25-20-19-14(6-10-22-20)8-11-26-19;3-2(4,5)1(6)7/h2-12H,1H3;(H,6,7). The van der Waals surface area contributed by atoms with Crippen molar-refractivity contribution in [1.29, 1.82) is 0 Å². The summed E-state index contributed by atoms with van der Waals surface area (Å²) in [5.74, 6) is -0.439. The smallest absolute Gasteiger partial charge is 0.475 e. The molecule has 0 fully saturated rings. The molecule has 5 rings (SSSR count). The van der Waals surface area contributed by atoms with Crippen molar-refractivity contribution in [1.82, 2.24) is 19.5 Å². The Hall–Kier alpha value is -3.99. The quantitative estimate of drug-likeness (QED) is 0.359. The molecule has 0 amide bonds. The molecule has 0 atom stereocenters. The molecule has 4 heterocycles. The third-order valence-corrected chi connectivity index (χ3v) is 5.43. The van der Waals surface area contributed by atoms with Crippen molar-refractivity contribution in [3.63, 3.8) is 0 Å². The van der Waals surface area contributed by atoms with Gasteiger partial charge in [0.25, 0.3) is 0 Å². The molecule has 0 bridgehead atoms. The minimum absolute atomic E-state index is 0.639. The largest absolute Gasteiger partial charge is 0.490 e. The summed E-state index contributed by atoms with van der Waals surface area (Å²) in [6.07, 6.45) is 0.252. The molecule has 0 unspecified atom stereocenters. The third kappa shape index (κ3) is 4.77. The molecular weight excluding hydrogens is 457 g/mol. The summed E-state index contributed by atoms with van der Waals surface area (Å²) in [4.78, 5) is 22.0. The van der Waals surface area contributed by atoms with Gasteiger partial charge in [-0.3, -0.25) is 9.55 Å². The number of imidazole rings is 1. The van der Waals surface area contributed by atoms with Crippen molar-refractivity contribution >= 4 is 38.4 Å².